The van der Waals surface area contributed by atoms with Gasteiger partial charge in [-0.3, -0.25) is 0 Å². The highest BCUT2D eigenvalue weighted by atomic mass is 15.3. The molecule has 5 rings (SSSR count). The van der Waals surface area contributed by atoms with E-state index in [-0.39, 0.29) is 0 Å². The van der Waals surface area contributed by atoms with Crippen LogP contribution in [0.2, 0.25) is 0 Å². The van der Waals surface area contributed by atoms with Crippen molar-refractivity contribution in [3.8, 4) is 0 Å². The lowest BCUT2D eigenvalue weighted by molar-refractivity contribution is 0.122. The van der Waals surface area contributed by atoms with Gasteiger partial charge in [-0.05, 0) is 31.2 Å². The highest BCUT2D eigenvalue weighted by molar-refractivity contribution is 5.53. The van der Waals surface area contributed by atoms with Crippen LogP contribution >= 0.6 is 0 Å². The van der Waals surface area contributed by atoms with E-state index in [1.54, 1.807) is 0 Å². The molecule has 2 fully saturated rings. The van der Waals surface area contributed by atoms with Crippen LogP contribution in [0.15, 0.2) is 48.9 Å². The van der Waals surface area contributed by atoms with E-state index in [1.807, 2.05) is 6.33 Å². The number of aromatic nitrogens is 2. The number of anilines is 1. The third-order valence-corrected chi connectivity index (χ3v) is 6.88. The van der Waals surface area contributed by atoms with Crippen molar-refractivity contribution in [2.24, 2.45) is 0 Å². The Kier molecular flexibility index (Phi) is 5.22. The molecule has 1 saturated heterocycles. The molecule has 0 amide bonds. The first-order valence-corrected chi connectivity index (χ1v) is 11.2. The molecule has 3 heterocycles. The molecule has 0 N–H and O–H groups in total. The number of nitrogens with zero attached hydrogens (tertiary/aromatic N) is 4. The summed E-state index contributed by atoms with van der Waals surface area (Å²) in [6.45, 7) is 3.40. The molecule has 0 radical (unpaired) electrons. The largest absolute Gasteiger partial charge is 0.330 e. The SMILES string of the molecule is C1=CN(C2CCN(C3CCCCC3)CC2)c2c(ncn2Cc2ccccc2)C1. The van der Waals surface area contributed by atoms with Crippen LogP contribution in [0.25, 0.3) is 0 Å². The Hall–Kier alpha value is -2.07. The molecule has 0 unspecified atom stereocenters. The van der Waals surface area contributed by atoms with E-state index in [0.29, 0.717) is 6.04 Å². The van der Waals surface area contributed by atoms with Gasteiger partial charge < -0.3 is 14.4 Å². The quantitative estimate of drug-likeness (QED) is 0.779. The molecule has 0 atom stereocenters. The Bertz CT molecular complexity index is 795. The lowest BCUT2D eigenvalue weighted by Gasteiger charge is -2.43. The lowest BCUT2D eigenvalue weighted by atomic mass is 9.91. The number of fused-ring (bicyclic) bond motifs is 1. The predicted molar refractivity (Wildman–Crippen MR) is 115 cm³/mol. The van der Waals surface area contributed by atoms with Gasteiger partial charge in [-0.2, -0.15) is 0 Å². The van der Waals surface area contributed by atoms with Gasteiger partial charge in [0.1, 0.15) is 5.82 Å². The van der Waals surface area contributed by atoms with Crippen molar-refractivity contribution in [2.75, 3.05) is 18.0 Å². The molecule has 1 saturated carbocycles. The third kappa shape index (κ3) is 3.62. The van der Waals surface area contributed by atoms with Gasteiger partial charge >= 0.3 is 0 Å². The predicted octanol–water partition coefficient (Wildman–Crippen LogP) is 4.60. The van der Waals surface area contributed by atoms with Crippen LogP contribution in [-0.2, 0) is 13.0 Å². The molecule has 0 spiro atoms. The minimum atomic E-state index is 0.598. The van der Waals surface area contributed by atoms with Gasteiger partial charge in [-0.15, -0.1) is 0 Å². The second-order valence-corrected chi connectivity index (χ2v) is 8.68. The van der Waals surface area contributed by atoms with Gasteiger partial charge in [0.25, 0.3) is 0 Å². The topological polar surface area (TPSA) is 24.3 Å². The van der Waals surface area contributed by atoms with Crippen LogP contribution in [0.4, 0.5) is 5.82 Å². The zero-order valence-electron chi connectivity index (χ0n) is 16.8. The van der Waals surface area contributed by atoms with Crippen molar-refractivity contribution in [3.63, 3.8) is 0 Å². The number of likely N-dealkylation sites (tertiary alicyclic amines) is 1. The van der Waals surface area contributed by atoms with Crippen LogP contribution in [0, 0.1) is 0 Å². The zero-order valence-corrected chi connectivity index (χ0v) is 16.8. The Labute approximate surface area is 168 Å². The molecule has 2 aromatic rings. The molecule has 3 aliphatic rings. The van der Waals surface area contributed by atoms with Gasteiger partial charge in [0, 0.05) is 37.8 Å². The summed E-state index contributed by atoms with van der Waals surface area (Å²) in [5.74, 6) is 1.32. The zero-order chi connectivity index (χ0) is 18.8. The summed E-state index contributed by atoms with van der Waals surface area (Å²) < 4.78 is 2.35. The summed E-state index contributed by atoms with van der Waals surface area (Å²) in [4.78, 5) is 10.1. The van der Waals surface area contributed by atoms with Gasteiger partial charge in [0.15, 0.2) is 0 Å². The average Bonchev–Trinajstić information content (AvgIpc) is 3.18. The molecular weight excluding hydrogens is 344 g/mol. The number of hydrogen-bond acceptors (Lipinski definition) is 3. The first kappa shape index (κ1) is 18.0. The van der Waals surface area contributed by atoms with Crippen molar-refractivity contribution in [3.05, 3.63) is 60.2 Å². The molecule has 148 valence electrons. The van der Waals surface area contributed by atoms with Crippen LogP contribution < -0.4 is 4.90 Å². The maximum atomic E-state index is 4.75. The summed E-state index contributed by atoms with van der Waals surface area (Å²) in [7, 11) is 0. The summed E-state index contributed by atoms with van der Waals surface area (Å²) in [6.07, 6.45) is 17.3. The number of allylic oxidation sites excluding steroid dienone is 1. The van der Waals surface area contributed by atoms with Crippen LogP contribution in [0.1, 0.15) is 56.2 Å². The highest BCUT2D eigenvalue weighted by Gasteiger charge is 2.31. The molecule has 4 heteroatoms. The molecule has 1 aromatic carbocycles. The summed E-state index contributed by atoms with van der Waals surface area (Å²) in [5, 5.41) is 0. The van der Waals surface area contributed by atoms with E-state index in [2.05, 4.69) is 57.0 Å². The normalized spacial score (nSPS) is 21.8. The molecule has 4 nitrogen and oxygen atoms in total. The van der Waals surface area contributed by atoms with Crippen molar-refractivity contribution in [1.82, 2.24) is 14.5 Å². The lowest BCUT2D eigenvalue weighted by Crippen LogP contribution is -2.48. The van der Waals surface area contributed by atoms with E-state index >= 15 is 0 Å². The number of rotatable bonds is 4. The molecular formula is C24H32N4. The number of hydrogen-bond donors (Lipinski definition) is 0. The van der Waals surface area contributed by atoms with Crippen molar-refractivity contribution < 1.29 is 0 Å². The minimum Gasteiger partial charge on any atom is -0.330 e. The van der Waals surface area contributed by atoms with Gasteiger partial charge in [0.2, 0.25) is 0 Å². The Morgan fingerprint density at radius 3 is 2.46 bits per heavy atom. The Morgan fingerprint density at radius 2 is 1.68 bits per heavy atom. The third-order valence-electron chi connectivity index (χ3n) is 6.88. The monoisotopic (exact) mass is 376 g/mol. The molecule has 0 bridgehead atoms. The maximum absolute atomic E-state index is 4.75. The van der Waals surface area contributed by atoms with E-state index in [0.717, 1.165) is 19.0 Å². The average molecular weight is 377 g/mol. The van der Waals surface area contributed by atoms with Gasteiger partial charge in [-0.25, -0.2) is 4.98 Å². The van der Waals surface area contributed by atoms with E-state index in [9.17, 15) is 0 Å². The standard InChI is InChI=1S/C24H32N4/c1-3-8-20(9-4-1)18-27-19-25-23-12-7-15-28(24(23)27)22-13-16-26(17-14-22)21-10-5-2-6-11-21/h1,3-4,7-9,15,19,21-22H,2,5-6,10-14,16-18H2. The summed E-state index contributed by atoms with van der Waals surface area (Å²) in [6, 6.07) is 12.2. The van der Waals surface area contributed by atoms with Gasteiger partial charge in [-0.1, -0.05) is 55.7 Å². The fraction of sp³-hybridized carbons (Fsp3) is 0.542. The Morgan fingerprint density at radius 1 is 0.893 bits per heavy atom. The van der Waals surface area contributed by atoms with Crippen LogP contribution in [0.5, 0.6) is 0 Å². The fourth-order valence-electron chi connectivity index (χ4n) is 5.37. The smallest absolute Gasteiger partial charge is 0.136 e. The van der Waals surface area contributed by atoms with Crippen molar-refractivity contribution in [2.45, 2.75) is 70.0 Å². The molecule has 1 aromatic heterocycles. The number of imidazole rings is 1. The molecule has 2 aliphatic heterocycles. The fourth-order valence-corrected chi connectivity index (χ4v) is 5.37. The minimum absolute atomic E-state index is 0.598. The van der Waals surface area contributed by atoms with Gasteiger partial charge in [0.05, 0.1) is 18.6 Å². The first-order valence-electron chi connectivity index (χ1n) is 11.2. The first-order chi connectivity index (χ1) is 13.9. The van der Waals surface area contributed by atoms with E-state index in [4.69, 9.17) is 4.98 Å². The van der Waals surface area contributed by atoms with E-state index < -0.39 is 0 Å². The van der Waals surface area contributed by atoms with Crippen LogP contribution in [-0.4, -0.2) is 39.6 Å². The van der Waals surface area contributed by atoms with Crippen molar-refractivity contribution >= 4 is 5.82 Å². The van der Waals surface area contributed by atoms with Crippen molar-refractivity contribution in [1.29, 1.82) is 0 Å². The second-order valence-electron chi connectivity index (χ2n) is 8.68. The number of piperidine rings is 1. The van der Waals surface area contributed by atoms with E-state index in [1.165, 1.54) is 75.1 Å². The summed E-state index contributed by atoms with van der Waals surface area (Å²) >= 11 is 0. The highest BCUT2D eigenvalue weighted by Crippen LogP contribution is 2.32. The summed E-state index contributed by atoms with van der Waals surface area (Å²) in [5.41, 5.74) is 2.57. The van der Waals surface area contributed by atoms with Crippen LogP contribution in [0.3, 0.4) is 0 Å². The Balaban J connectivity index is 1.30. The maximum Gasteiger partial charge on any atom is 0.136 e. The number of benzene rings is 1. The molecule has 1 aliphatic carbocycles. The second kappa shape index (κ2) is 8.12. The molecule has 28 heavy (non-hydrogen) atoms.